The fourth-order valence-electron chi connectivity index (χ4n) is 3.14. The van der Waals surface area contributed by atoms with E-state index in [9.17, 15) is 4.79 Å². The minimum atomic E-state index is -0.338. The van der Waals surface area contributed by atoms with Gasteiger partial charge in [0.1, 0.15) is 17.0 Å². The molecule has 0 aliphatic rings. The number of benzene rings is 2. The molecule has 0 aliphatic heterocycles. The third kappa shape index (κ3) is 3.59. The van der Waals surface area contributed by atoms with Crippen molar-refractivity contribution in [3.63, 3.8) is 0 Å². The fraction of sp³-hybridized carbons (Fsp3) is 0.136. The molecule has 28 heavy (non-hydrogen) atoms. The van der Waals surface area contributed by atoms with Crippen LogP contribution < -0.4 is 11.1 Å². The van der Waals surface area contributed by atoms with Gasteiger partial charge in [0, 0.05) is 16.6 Å². The summed E-state index contributed by atoms with van der Waals surface area (Å²) in [7, 11) is 0. The lowest BCUT2D eigenvalue weighted by Crippen LogP contribution is -2.13. The molecule has 0 saturated carbocycles. The van der Waals surface area contributed by atoms with Crippen molar-refractivity contribution in [2.24, 2.45) is 5.73 Å². The topological polar surface area (TPSA) is 80.9 Å². The zero-order chi connectivity index (χ0) is 19.7. The number of fused-ring (bicyclic) bond motifs is 1. The Morgan fingerprint density at radius 1 is 1.07 bits per heavy atom. The Labute approximate surface area is 167 Å². The van der Waals surface area contributed by atoms with E-state index in [2.05, 4.69) is 52.7 Å². The van der Waals surface area contributed by atoms with E-state index in [4.69, 9.17) is 5.73 Å². The molecule has 0 bridgehead atoms. The Bertz CT molecular complexity index is 1170. The van der Waals surface area contributed by atoms with Crippen molar-refractivity contribution in [3.8, 4) is 11.1 Å². The van der Waals surface area contributed by atoms with Crippen LogP contribution in [0.25, 0.3) is 21.3 Å². The highest BCUT2D eigenvalue weighted by molar-refractivity contribution is 7.17. The summed E-state index contributed by atoms with van der Waals surface area (Å²) in [5.41, 5.74) is 11.8. The Morgan fingerprint density at radius 3 is 2.57 bits per heavy atom. The summed E-state index contributed by atoms with van der Waals surface area (Å²) in [5, 5.41) is 6.53. The molecule has 0 saturated heterocycles. The predicted octanol–water partition coefficient (Wildman–Crippen LogP) is 4.75. The summed E-state index contributed by atoms with van der Waals surface area (Å²) in [5.74, 6) is 0.427. The third-order valence-corrected chi connectivity index (χ3v) is 5.67. The summed E-state index contributed by atoms with van der Waals surface area (Å²) in [6.45, 7) is 4.24. The number of amides is 1. The number of aryl methyl sites for hydroxylation is 2. The van der Waals surface area contributed by atoms with Crippen LogP contribution in [0.3, 0.4) is 0 Å². The monoisotopic (exact) mass is 388 g/mol. The maximum absolute atomic E-state index is 11.1. The summed E-state index contributed by atoms with van der Waals surface area (Å²) < 4.78 is 0. The number of nitrogens with two attached hydrogens (primary N) is 1. The standard InChI is InChI=1S/C22H20N4OS/c1-13-3-6-16(9-14(13)2)18-11-28-22-20(18)21(24-12-25-22)26-17-7-4-15(5-8-17)10-19(23)27/h3-9,11-12H,10H2,1-2H3,(H2,23,27)(H,24,25,26). The van der Waals surface area contributed by atoms with Crippen LogP contribution in [0.1, 0.15) is 16.7 Å². The number of thiophene rings is 1. The van der Waals surface area contributed by atoms with Gasteiger partial charge in [-0.2, -0.15) is 0 Å². The molecule has 3 N–H and O–H groups in total. The highest BCUT2D eigenvalue weighted by Crippen LogP contribution is 2.37. The maximum atomic E-state index is 11.1. The van der Waals surface area contributed by atoms with E-state index < -0.39 is 0 Å². The maximum Gasteiger partial charge on any atom is 0.221 e. The van der Waals surface area contributed by atoms with Gasteiger partial charge >= 0.3 is 0 Å². The molecule has 5 nitrogen and oxygen atoms in total. The van der Waals surface area contributed by atoms with Crippen molar-refractivity contribution in [2.45, 2.75) is 20.3 Å². The molecule has 4 rings (SSSR count). The van der Waals surface area contributed by atoms with Crippen molar-refractivity contribution < 1.29 is 4.79 Å². The van der Waals surface area contributed by atoms with Crippen LogP contribution in [-0.4, -0.2) is 15.9 Å². The van der Waals surface area contributed by atoms with Crippen molar-refractivity contribution >= 4 is 39.0 Å². The predicted molar refractivity (Wildman–Crippen MR) is 115 cm³/mol. The second-order valence-corrected chi connectivity index (χ2v) is 7.67. The van der Waals surface area contributed by atoms with Gasteiger partial charge in [0.15, 0.2) is 0 Å². The van der Waals surface area contributed by atoms with Gasteiger partial charge in [0.25, 0.3) is 0 Å². The minimum Gasteiger partial charge on any atom is -0.369 e. The molecule has 0 aliphatic carbocycles. The van der Waals surface area contributed by atoms with Crippen molar-refractivity contribution in [2.75, 3.05) is 5.32 Å². The summed E-state index contributed by atoms with van der Waals surface area (Å²) in [6.07, 6.45) is 1.81. The first kappa shape index (κ1) is 18.1. The van der Waals surface area contributed by atoms with Gasteiger partial charge in [-0.1, -0.05) is 30.3 Å². The Hall–Kier alpha value is -3.25. The molecule has 0 fully saturated rings. The average Bonchev–Trinajstić information content (AvgIpc) is 3.10. The van der Waals surface area contributed by atoms with E-state index in [-0.39, 0.29) is 12.3 Å². The lowest BCUT2D eigenvalue weighted by molar-refractivity contribution is -0.117. The van der Waals surface area contributed by atoms with Gasteiger partial charge in [-0.15, -0.1) is 11.3 Å². The van der Waals surface area contributed by atoms with Gasteiger partial charge in [-0.25, -0.2) is 9.97 Å². The van der Waals surface area contributed by atoms with Crippen LogP contribution in [-0.2, 0) is 11.2 Å². The first-order valence-electron chi connectivity index (χ1n) is 8.95. The first-order valence-corrected chi connectivity index (χ1v) is 9.83. The summed E-state index contributed by atoms with van der Waals surface area (Å²) >= 11 is 1.61. The van der Waals surface area contributed by atoms with Crippen molar-refractivity contribution in [1.82, 2.24) is 9.97 Å². The van der Waals surface area contributed by atoms with Crippen LogP contribution in [0.5, 0.6) is 0 Å². The minimum absolute atomic E-state index is 0.236. The van der Waals surface area contributed by atoms with Crippen LogP contribution in [0.2, 0.25) is 0 Å². The Morgan fingerprint density at radius 2 is 1.86 bits per heavy atom. The number of carbonyl (C=O) groups excluding carboxylic acids is 1. The second kappa shape index (κ2) is 7.40. The van der Waals surface area contributed by atoms with Crippen LogP contribution in [0, 0.1) is 13.8 Å². The van der Waals surface area contributed by atoms with Crippen LogP contribution in [0.4, 0.5) is 11.5 Å². The molecule has 2 aromatic carbocycles. The molecular formula is C22H20N4OS. The molecule has 6 heteroatoms. The van der Waals surface area contributed by atoms with Gasteiger partial charge in [-0.3, -0.25) is 4.79 Å². The Kier molecular flexibility index (Phi) is 4.79. The zero-order valence-corrected chi connectivity index (χ0v) is 16.5. The van der Waals surface area contributed by atoms with Gasteiger partial charge in [-0.05, 0) is 48.2 Å². The molecule has 0 spiro atoms. The van der Waals surface area contributed by atoms with E-state index in [0.29, 0.717) is 0 Å². The first-order chi connectivity index (χ1) is 13.5. The van der Waals surface area contributed by atoms with Crippen LogP contribution >= 0.6 is 11.3 Å². The zero-order valence-electron chi connectivity index (χ0n) is 15.7. The molecule has 0 radical (unpaired) electrons. The molecule has 0 unspecified atom stereocenters. The van der Waals surface area contributed by atoms with E-state index >= 15 is 0 Å². The number of nitrogens with zero attached hydrogens (tertiary/aromatic N) is 2. The highest BCUT2D eigenvalue weighted by atomic mass is 32.1. The summed E-state index contributed by atoms with van der Waals surface area (Å²) in [4.78, 5) is 20.9. The molecular weight excluding hydrogens is 368 g/mol. The van der Waals surface area contributed by atoms with Gasteiger partial charge in [0.05, 0.1) is 11.8 Å². The number of primary amides is 1. The van der Waals surface area contributed by atoms with Gasteiger partial charge in [0.2, 0.25) is 5.91 Å². The van der Waals surface area contributed by atoms with E-state index in [0.717, 1.165) is 38.4 Å². The van der Waals surface area contributed by atoms with Crippen molar-refractivity contribution in [3.05, 3.63) is 70.9 Å². The van der Waals surface area contributed by atoms with Crippen LogP contribution in [0.15, 0.2) is 54.2 Å². The normalized spacial score (nSPS) is 10.9. The van der Waals surface area contributed by atoms with Crippen molar-refractivity contribution in [1.29, 1.82) is 0 Å². The third-order valence-electron chi connectivity index (χ3n) is 4.78. The van der Waals surface area contributed by atoms with E-state index in [1.165, 1.54) is 11.1 Å². The fourth-order valence-corrected chi connectivity index (χ4v) is 4.05. The molecule has 2 heterocycles. The van der Waals surface area contributed by atoms with E-state index in [1.54, 1.807) is 17.7 Å². The number of rotatable bonds is 5. The smallest absolute Gasteiger partial charge is 0.221 e. The lowest BCUT2D eigenvalue weighted by Gasteiger charge is -2.10. The number of aromatic nitrogens is 2. The average molecular weight is 388 g/mol. The number of nitrogens with one attached hydrogen (secondary N) is 1. The molecule has 0 atom stereocenters. The molecule has 1 amide bonds. The SMILES string of the molecule is Cc1ccc(-c2csc3ncnc(Nc4ccc(CC(N)=O)cc4)c23)cc1C. The lowest BCUT2D eigenvalue weighted by atomic mass is 10.0. The summed E-state index contributed by atoms with van der Waals surface area (Å²) in [6, 6.07) is 14.1. The van der Waals surface area contributed by atoms with Gasteiger partial charge < -0.3 is 11.1 Å². The molecule has 4 aromatic rings. The number of hydrogen-bond acceptors (Lipinski definition) is 5. The number of hydrogen-bond donors (Lipinski definition) is 2. The number of carbonyl (C=O) groups is 1. The van der Waals surface area contributed by atoms with E-state index in [1.807, 2.05) is 24.3 Å². The molecule has 2 aromatic heterocycles. The Balaban J connectivity index is 1.72. The number of anilines is 2. The largest absolute Gasteiger partial charge is 0.369 e. The second-order valence-electron chi connectivity index (χ2n) is 6.82. The molecule has 140 valence electrons. The quantitative estimate of drug-likeness (QED) is 0.517. The highest BCUT2D eigenvalue weighted by Gasteiger charge is 2.14.